The van der Waals surface area contributed by atoms with Crippen LogP contribution in [0.5, 0.6) is 0 Å². The summed E-state index contributed by atoms with van der Waals surface area (Å²) in [6.07, 6.45) is 1.05. The maximum absolute atomic E-state index is 12.0. The highest BCUT2D eigenvalue weighted by Gasteiger charge is 2.08. The predicted octanol–water partition coefficient (Wildman–Crippen LogP) is 2.05. The van der Waals surface area contributed by atoms with Gasteiger partial charge in [-0.2, -0.15) is 0 Å². The zero-order valence-corrected chi connectivity index (χ0v) is 13.1. The van der Waals surface area contributed by atoms with E-state index in [4.69, 9.17) is 4.74 Å². The fraction of sp³-hybridized carbons (Fsp3) is 0.176. The molecule has 3 aromatic rings. The van der Waals surface area contributed by atoms with E-state index in [1.807, 2.05) is 37.3 Å². The minimum Gasteiger partial charge on any atom is -0.445 e. The second-order valence-corrected chi connectivity index (χ2v) is 5.31. The van der Waals surface area contributed by atoms with Crippen molar-refractivity contribution in [1.29, 1.82) is 0 Å². The standard InChI is InChI=1S/C17H16N4O3/c1-11-7-13-15(18-8-11)20-14(21-16(13)22)9-19-17(23)24-10-12-5-3-2-4-6-12/h2-8H,9-10H2,1H3,(H,19,23)(H,18,20,21,22). The summed E-state index contributed by atoms with van der Waals surface area (Å²) in [6.45, 7) is 2.08. The smallest absolute Gasteiger partial charge is 0.407 e. The van der Waals surface area contributed by atoms with Crippen molar-refractivity contribution in [3.8, 4) is 0 Å². The minimum absolute atomic E-state index is 0.0500. The lowest BCUT2D eigenvalue weighted by molar-refractivity contribution is 0.139. The highest BCUT2D eigenvalue weighted by molar-refractivity contribution is 5.73. The third-order valence-electron chi connectivity index (χ3n) is 3.36. The number of fused-ring (bicyclic) bond motifs is 1. The first kappa shape index (κ1) is 15.7. The molecule has 122 valence electrons. The fourth-order valence-electron chi connectivity index (χ4n) is 2.19. The van der Waals surface area contributed by atoms with Gasteiger partial charge in [0.2, 0.25) is 0 Å². The van der Waals surface area contributed by atoms with Crippen LogP contribution in [0.25, 0.3) is 11.0 Å². The van der Waals surface area contributed by atoms with Crippen LogP contribution in [0.2, 0.25) is 0 Å². The van der Waals surface area contributed by atoms with Crippen LogP contribution in [0, 0.1) is 6.92 Å². The van der Waals surface area contributed by atoms with Gasteiger partial charge in [0, 0.05) is 6.20 Å². The van der Waals surface area contributed by atoms with Gasteiger partial charge in [-0.3, -0.25) is 4.79 Å². The Morgan fingerprint density at radius 2 is 2.08 bits per heavy atom. The average molecular weight is 324 g/mol. The van der Waals surface area contributed by atoms with E-state index in [-0.39, 0.29) is 18.7 Å². The van der Waals surface area contributed by atoms with E-state index < -0.39 is 6.09 Å². The summed E-state index contributed by atoms with van der Waals surface area (Å²) < 4.78 is 5.10. The van der Waals surface area contributed by atoms with Gasteiger partial charge >= 0.3 is 6.09 Å². The van der Waals surface area contributed by atoms with Crippen LogP contribution < -0.4 is 10.9 Å². The van der Waals surface area contributed by atoms with Gasteiger partial charge in [0.1, 0.15) is 12.4 Å². The lowest BCUT2D eigenvalue weighted by atomic mass is 10.2. The van der Waals surface area contributed by atoms with E-state index in [0.29, 0.717) is 16.9 Å². The number of rotatable bonds is 4. The van der Waals surface area contributed by atoms with E-state index in [9.17, 15) is 9.59 Å². The largest absolute Gasteiger partial charge is 0.445 e. The molecule has 0 aliphatic heterocycles. The number of amides is 1. The van der Waals surface area contributed by atoms with Gasteiger partial charge in [-0.15, -0.1) is 0 Å². The molecule has 0 spiro atoms. The third kappa shape index (κ3) is 3.75. The Morgan fingerprint density at radius 3 is 2.88 bits per heavy atom. The number of carbonyl (C=O) groups is 1. The van der Waals surface area contributed by atoms with Gasteiger partial charge in [0.15, 0.2) is 5.65 Å². The molecule has 1 aromatic carbocycles. The average Bonchev–Trinajstić information content (AvgIpc) is 2.60. The van der Waals surface area contributed by atoms with E-state index >= 15 is 0 Å². The molecule has 2 N–H and O–H groups in total. The van der Waals surface area contributed by atoms with Crippen molar-refractivity contribution in [2.45, 2.75) is 20.1 Å². The Morgan fingerprint density at radius 1 is 1.29 bits per heavy atom. The summed E-state index contributed by atoms with van der Waals surface area (Å²) >= 11 is 0. The Balaban J connectivity index is 1.62. The molecule has 2 aromatic heterocycles. The molecule has 0 unspecified atom stereocenters. The lowest BCUT2D eigenvalue weighted by Crippen LogP contribution is -2.26. The lowest BCUT2D eigenvalue weighted by Gasteiger charge is -2.07. The highest BCUT2D eigenvalue weighted by atomic mass is 16.5. The molecule has 0 bridgehead atoms. The van der Waals surface area contributed by atoms with Crippen molar-refractivity contribution in [2.75, 3.05) is 0 Å². The van der Waals surface area contributed by atoms with Crippen molar-refractivity contribution >= 4 is 17.1 Å². The maximum atomic E-state index is 12.0. The van der Waals surface area contributed by atoms with Gasteiger partial charge in [0.25, 0.3) is 5.56 Å². The number of benzene rings is 1. The fourth-order valence-corrected chi connectivity index (χ4v) is 2.19. The number of carbonyl (C=O) groups excluding carboxylic acids is 1. The number of nitrogens with one attached hydrogen (secondary N) is 2. The summed E-state index contributed by atoms with van der Waals surface area (Å²) in [5.74, 6) is 0.320. The monoisotopic (exact) mass is 324 g/mol. The van der Waals surface area contributed by atoms with Crippen molar-refractivity contribution in [3.63, 3.8) is 0 Å². The van der Waals surface area contributed by atoms with E-state index in [1.165, 1.54) is 0 Å². The molecule has 0 fully saturated rings. The topological polar surface area (TPSA) is 97.0 Å². The van der Waals surface area contributed by atoms with Gasteiger partial charge in [-0.05, 0) is 24.1 Å². The molecule has 7 heteroatoms. The van der Waals surface area contributed by atoms with Crippen LogP contribution in [0.15, 0.2) is 47.4 Å². The van der Waals surface area contributed by atoms with E-state index in [0.717, 1.165) is 11.1 Å². The number of aromatic nitrogens is 3. The summed E-state index contributed by atoms with van der Waals surface area (Å²) in [5.41, 5.74) is 1.83. The van der Waals surface area contributed by atoms with Crippen LogP contribution in [0.4, 0.5) is 4.79 Å². The number of H-pyrrole nitrogens is 1. The Bertz CT molecular complexity index is 922. The number of alkyl carbamates (subject to hydrolysis) is 1. The second-order valence-electron chi connectivity index (χ2n) is 5.31. The van der Waals surface area contributed by atoms with Gasteiger partial charge < -0.3 is 15.0 Å². The maximum Gasteiger partial charge on any atom is 0.407 e. The van der Waals surface area contributed by atoms with E-state index in [2.05, 4.69) is 20.3 Å². The van der Waals surface area contributed by atoms with E-state index in [1.54, 1.807) is 12.3 Å². The molecule has 24 heavy (non-hydrogen) atoms. The molecule has 0 radical (unpaired) electrons. The van der Waals surface area contributed by atoms with Crippen molar-refractivity contribution in [2.24, 2.45) is 0 Å². The molecular weight excluding hydrogens is 308 g/mol. The second kappa shape index (κ2) is 6.91. The number of nitrogens with zero attached hydrogens (tertiary/aromatic N) is 2. The first-order chi connectivity index (χ1) is 11.6. The molecule has 0 aliphatic carbocycles. The number of aromatic amines is 1. The molecule has 0 atom stereocenters. The summed E-state index contributed by atoms with van der Waals surface area (Å²) in [5, 5.41) is 2.97. The van der Waals surface area contributed by atoms with Gasteiger partial charge in [-0.1, -0.05) is 30.3 Å². The molecule has 0 saturated carbocycles. The van der Waals surface area contributed by atoms with Crippen LogP contribution in [-0.4, -0.2) is 21.0 Å². The molecule has 2 heterocycles. The molecular formula is C17H16N4O3. The number of ether oxygens (including phenoxy) is 1. The summed E-state index contributed by atoms with van der Waals surface area (Å²) in [7, 11) is 0. The Kier molecular flexibility index (Phi) is 4.51. The van der Waals surface area contributed by atoms with Crippen LogP contribution in [0.3, 0.4) is 0 Å². The number of hydrogen-bond acceptors (Lipinski definition) is 5. The van der Waals surface area contributed by atoms with Crippen molar-refractivity contribution in [1.82, 2.24) is 20.3 Å². The first-order valence-corrected chi connectivity index (χ1v) is 7.42. The third-order valence-corrected chi connectivity index (χ3v) is 3.36. The summed E-state index contributed by atoms with van der Waals surface area (Å²) in [4.78, 5) is 34.7. The van der Waals surface area contributed by atoms with Gasteiger partial charge in [0.05, 0.1) is 11.9 Å². The van der Waals surface area contributed by atoms with Gasteiger partial charge in [-0.25, -0.2) is 14.8 Å². The zero-order chi connectivity index (χ0) is 16.9. The summed E-state index contributed by atoms with van der Waals surface area (Å²) in [6, 6.07) is 11.1. The number of aryl methyl sites for hydroxylation is 1. The predicted molar refractivity (Wildman–Crippen MR) is 88.4 cm³/mol. The Hall–Kier alpha value is -3.22. The van der Waals surface area contributed by atoms with Crippen LogP contribution >= 0.6 is 0 Å². The zero-order valence-electron chi connectivity index (χ0n) is 13.1. The Labute approximate surface area is 137 Å². The van der Waals surface area contributed by atoms with Crippen molar-refractivity contribution in [3.05, 3.63) is 69.9 Å². The minimum atomic E-state index is -0.585. The highest BCUT2D eigenvalue weighted by Crippen LogP contribution is 2.06. The molecule has 0 aliphatic rings. The molecule has 1 amide bonds. The molecule has 3 rings (SSSR count). The van der Waals surface area contributed by atoms with Crippen LogP contribution in [-0.2, 0) is 17.9 Å². The molecule has 0 saturated heterocycles. The quantitative estimate of drug-likeness (QED) is 0.765. The first-order valence-electron chi connectivity index (χ1n) is 7.42. The van der Waals surface area contributed by atoms with Crippen LogP contribution in [0.1, 0.15) is 17.0 Å². The number of pyridine rings is 1. The number of hydrogen-bond donors (Lipinski definition) is 2. The van der Waals surface area contributed by atoms with Crippen molar-refractivity contribution < 1.29 is 9.53 Å². The normalized spacial score (nSPS) is 10.5. The molecule has 7 nitrogen and oxygen atoms in total. The SMILES string of the molecule is Cc1cnc2nc(CNC(=O)OCc3ccccc3)[nH]c(=O)c2c1.